The Morgan fingerprint density at radius 3 is 2.38 bits per heavy atom. The summed E-state index contributed by atoms with van der Waals surface area (Å²) in [5, 5.41) is -0.874. The summed E-state index contributed by atoms with van der Waals surface area (Å²) < 4.78 is 36.9. The van der Waals surface area contributed by atoms with E-state index >= 15 is 0 Å². The minimum absolute atomic E-state index is 0.368. The summed E-state index contributed by atoms with van der Waals surface area (Å²) in [6, 6.07) is 3.14. The number of alkyl halides is 3. The highest BCUT2D eigenvalue weighted by molar-refractivity contribution is 7.15. The molecule has 0 aliphatic rings. The third-order valence-corrected chi connectivity index (χ3v) is 2.85. The molecule has 0 aliphatic heterocycles. The normalized spacial score (nSPS) is 11.7. The molecule has 84 valence electrons. The monoisotopic (exact) mass is 245 g/mol. The minimum Gasteiger partial charge on any atom is -0.397 e. The predicted molar refractivity (Wildman–Crippen MR) is 54.8 cm³/mol. The van der Waals surface area contributed by atoms with E-state index in [2.05, 4.69) is 9.97 Å². The Morgan fingerprint density at radius 2 is 1.88 bits per heavy atom. The molecule has 3 nitrogen and oxygen atoms in total. The van der Waals surface area contributed by atoms with Crippen LogP contribution < -0.4 is 5.73 Å². The van der Waals surface area contributed by atoms with Crippen molar-refractivity contribution >= 4 is 17.0 Å². The third kappa shape index (κ3) is 2.13. The fraction of sp³-hybridized carbons (Fsp3) is 0.111. The van der Waals surface area contributed by atoms with Gasteiger partial charge in [-0.25, -0.2) is 4.98 Å². The van der Waals surface area contributed by atoms with Crippen molar-refractivity contribution < 1.29 is 13.2 Å². The number of halogens is 3. The van der Waals surface area contributed by atoms with Gasteiger partial charge < -0.3 is 5.73 Å². The van der Waals surface area contributed by atoms with Crippen molar-refractivity contribution in [1.29, 1.82) is 0 Å². The van der Waals surface area contributed by atoms with Crippen molar-refractivity contribution in [3.05, 3.63) is 29.5 Å². The van der Waals surface area contributed by atoms with Gasteiger partial charge >= 0.3 is 6.18 Å². The molecule has 0 fully saturated rings. The molecule has 2 aromatic rings. The van der Waals surface area contributed by atoms with Gasteiger partial charge in [0.25, 0.3) is 0 Å². The lowest BCUT2D eigenvalue weighted by Gasteiger charge is -1.99. The zero-order valence-corrected chi connectivity index (χ0v) is 8.64. The second-order valence-electron chi connectivity index (χ2n) is 3.00. The van der Waals surface area contributed by atoms with Crippen LogP contribution in [0.15, 0.2) is 24.5 Å². The first kappa shape index (κ1) is 10.9. The molecule has 0 unspecified atom stereocenters. The van der Waals surface area contributed by atoms with Gasteiger partial charge in [-0.1, -0.05) is 0 Å². The van der Waals surface area contributed by atoms with E-state index in [1.165, 1.54) is 6.20 Å². The van der Waals surface area contributed by atoms with Gasteiger partial charge in [0.15, 0.2) is 5.01 Å². The SMILES string of the molecule is Nc1ccc(-c2cnc(C(F)(F)F)s2)nc1. The number of hydrogen-bond donors (Lipinski definition) is 1. The number of pyridine rings is 1. The van der Waals surface area contributed by atoms with Crippen LogP contribution in [-0.2, 0) is 6.18 Å². The van der Waals surface area contributed by atoms with Gasteiger partial charge in [-0.2, -0.15) is 13.2 Å². The number of aromatic nitrogens is 2. The lowest BCUT2D eigenvalue weighted by atomic mass is 10.3. The van der Waals surface area contributed by atoms with Crippen LogP contribution in [0.2, 0.25) is 0 Å². The van der Waals surface area contributed by atoms with Crippen molar-refractivity contribution in [1.82, 2.24) is 9.97 Å². The molecule has 0 radical (unpaired) electrons. The Kier molecular flexibility index (Phi) is 2.55. The highest BCUT2D eigenvalue weighted by atomic mass is 32.1. The van der Waals surface area contributed by atoms with Gasteiger partial charge in [0.1, 0.15) is 0 Å². The molecular weight excluding hydrogens is 239 g/mol. The minimum atomic E-state index is -4.41. The van der Waals surface area contributed by atoms with Crippen LogP contribution in [-0.4, -0.2) is 9.97 Å². The van der Waals surface area contributed by atoms with Gasteiger partial charge in [0, 0.05) is 6.20 Å². The number of hydrogen-bond acceptors (Lipinski definition) is 4. The fourth-order valence-corrected chi connectivity index (χ4v) is 1.83. The molecule has 0 spiro atoms. The molecule has 2 heterocycles. The number of nitrogen functional groups attached to an aromatic ring is 1. The smallest absolute Gasteiger partial charge is 0.397 e. The largest absolute Gasteiger partial charge is 0.443 e. The van der Waals surface area contributed by atoms with Crippen molar-refractivity contribution in [2.75, 3.05) is 5.73 Å². The van der Waals surface area contributed by atoms with E-state index in [1.54, 1.807) is 12.1 Å². The van der Waals surface area contributed by atoms with Gasteiger partial charge in [-0.15, -0.1) is 11.3 Å². The molecule has 0 aromatic carbocycles. The quantitative estimate of drug-likeness (QED) is 0.840. The maximum absolute atomic E-state index is 12.3. The molecule has 0 amide bonds. The van der Waals surface area contributed by atoms with E-state index in [9.17, 15) is 13.2 Å². The lowest BCUT2D eigenvalue weighted by Crippen LogP contribution is -2.02. The number of thiazole rings is 1. The summed E-state index contributed by atoms with van der Waals surface area (Å²) in [6.45, 7) is 0. The van der Waals surface area contributed by atoms with Crippen molar-refractivity contribution in [3.8, 4) is 10.6 Å². The molecule has 16 heavy (non-hydrogen) atoms. The highest BCUT2D eigenvalue weighted by Crippen LogP contribution is 2.35. The van der Waals surface area contributed by atoms with Crippen molar-refractivity contribution in [3.63, 3.8) is 0 Å². The second kappa shape index (κ2) is 3.75. The molecule has 0 saturated heterocycles. The van der Waals surface area contributed by atoms with Gasteiger partial charge in [0.2, 0.25) is 0 Å². The van der Waals surface area contributed by atoms with Crippen LogP contribution in [0.4, 0.5) is 18.9 Å². The zero-order chi connectivity index (χ0) is 11.8. The lowest BCUT2D eigenvalue weighted by molar-refractivity contribution is -0.137. The maximum Gasteiger partial charge on any atom is 0.443 e. The number of rotatable bonds is 1. The first-order chi connectivity index (χ1) is 7.47. The van der Waals surface area contributed by atoms with E-state index in [0.29, 0.717) is 27.6 Å². The highest BCUT2D eigenvalue weighted by Gasteiger charge is 2.34. The third-order valence-electron chi connectivity index (χ3n) is 1.79. The topological polar surface area (TPSA) is 51.8 Å². The standard InChI is InChI=1S/C9H6F3N3S/c10-9(11,12)8-15-4-7(16-8)6-2-1-5(13)3-14-6/h1-4H,13H2. The Balaban J connectivity index is 2.35. The molecule has 2 aromatic heterocycles. The van der Waals surface area contributed by atoms with E-state index in [0.717, 1.165) is 6.20 Å². The van der Waals surface area contributed by atoms with Crippen molar-refractivity contribution in [2.24, 2.45) is 0 Å². The average Bonchev–Trinajstić information content (AvgIpc) is 2.67. The summed E-state index contributed by atoms with van der Waals surface area (Å²) in [7, 11) is 0. The number of nitrogens with two attached hydrogens (primary N) is 1. The van der Waals surface area contributed by atoms with Gasteiger partial charge in [-0.3, -0.25) is 4.98 Å². The van der Waals surface area contributed by atoms with E-state index in [1.807, 2.05) is 0 Å². The predicted octanol–water partition coefficient (Wildman–Crippen LogP) is 2.81. The molecule has 0 aliphatic carbocycles. The van der Waals surface area contributed by atoms with Crippen LogP contribution >= 0.6 is 11.3 Å². The number of nitrogens with zero attached hydrogens (tertiary/aromatic N) is 2. The maximum atomic E-state index is 12.3. The van der Waals surface area contributed by atoms with E-state index < -0.39 is 11.2 Å². The second-order valence-corrected chi connectivity index (χ2v) is 4.03. The summed E-state index contributed by atoms with van der Waals surface area (Å²) in [5.41, 5.74) is 6.32. The summed E-state index contributed by atoms with van der Waals surface area (Å²) >= 11 is 0.559. The first-order valence-electron chi connectivity index (χ1n) is 4.22. The zero-order valence-electron chi connectivity index (χ0n) is 7.82. The van der Waals surface area contributed by atoms with Crippen LogP contribution in [0.1, 0.15) is 5.01 Å². The average molecular weight is 245 g/mol. The Hall–Kier alpha value is -1.63. The summed E-state index contributed by atoms with van der Waals surface area (Å²) in [5.74, 6) is 0. The van der Waals surface area contributed by atoms with Gasteiger partial charge in [-0.05, 0) is 12.1 Å². The molecular formula is C9H6F3N3S. The molecule has 7 heteroatoms. The van der Waals surface area contributed by atoms with E-state index in [4.69, 9.17) is 5.73 Å². The summed E-state index contributed by atoms with van der Waals surface area (Å²) in [6.07, 6.45) is -1.86. The fourth-order valence-electron chi connectivity index (χ4n) is 1.07. The van der Waals surface area contributed by atoms with Gasteiger partial charge in [0.05, 0.1) is 22.5 Å². The Morgan fingerprint density at radius 1 is 1.12 bits per heavy atom. The molecule has 2 rings (SSSR count). The van der Waals surface area contributed by atoms with Crippen LogP contribution in [0.3, 0.4) is 0 Å². The molecule has 0 saturated carbocycles. The van der Waals surface area contributed by atoms with Crippen LogP contribution in [0.25, 0.3) is 10.6 Å². The van der Waals surface area contributed by atoms with E-state index in [-0.39, 0.29) is 0 Å². The Labute approximate surface area is 92.8 Å². The molecule has 0 atom stereocenters. The van der Waals surface area contributed by atoms with Crippen molar-refractivity contribution in [2.45, 2.75) is 6.18 Å². The molecule has 0 bridgehead atoms. The number of anilines is 1. The van der Waals surface area contributed by atoms with Crippen LogP contribution in [0, 0.1) is 0 Å². The Bertz CT molecular complexity index is 489. The summed E-state index contributed by atoms with van der Waals surface area (Å²) in [4.78, 5) is 7.60. The first-order valence-corrected chi connectivity index (χ1v) is 5.03. The molecule has 2 N–H and O–H groups in total. The van der Waals surface area contributed by atoms with Crippen LogP contribution in [0.5, 0.6) is 0 Å².